The summed E-state index contributed by atoms with van der Waals surface area (Å²) < 4.78 is 5.68. The van der Waals surface area contributed by atoms with Crippen molar-refractivity contribution in [2.75, 3.05) is 6.61 Å². The van der Waals surface area contributed by atoms with E-state index in [2.05, 4.69) is 32.3 Å². The van der Waals surface area contributed by atoms with Crippen LogP contribution < -0.4 is 4.74 Å². The highest BCUT2D eigenvalue weighted by molar-refractivity contribution is 6.28. The number of H-pyrrole nitrogens is 1. The van der Waals surface area contributed by atoms with E-state index in [-0.39, 0.29) is 5.28 Å². The normalized spacial score (nSPS) is 10.8. The fourth-order valence-corrected chi connectivity index (χ4v) is 2.14. The van der Waals surface area contributed by atoms with E-state index in [1.54, 1.807) is 6.20 Å². The fourth-order valence-electron chi connectivity index (χ4n) is 1.98. The number of nitrogens with zero attached hydrogens (tertiary/aromatic N) is 3. The minimum atomic E-state index is 0.153. The van der Waals surface area contributed by atoms with Gasteiger partial charge in [0.2, 0.25) is 11.2 Å². The van der Waals surface area contributed by atoms with Crippen molar-refractivity contribution in [2.24, 2.45) is 0 Å². The molecule has 1 N–H and O–H groups in total. The topological polar surface area (TPSA) is 63.7 Å². The first-order chi connectivity index (χ1) is 9.83. The molecule has 0 atom stereocenters. The molecule has 0 saturated heterocycles. The summed E-state index contributed by atoms with van der Waals surface area (Å²) in [5.41, 5.74) is 1.88. The van der Waals surface area contributed by atoms with Crippen molar-refractivity contribution in [3.8, 4) is 5.88 Å². The molecular weight excluding hydrogens is 276 g/mol. The van der Waals surface area contributed by atoms with E-state index in [0.717, 1.165) is 18.2 Å². The number of rotatable bonds is 5. The number of aryl methyl sites for hydroxylation is 1. The van der Waals surface area contributed by atoms with Crippen molar-refractivity contribution in [2.45, 2.75) is 12.8 Å². The van der Waals surface area contributed by atoms with Crippen LogP contribution >= 0.6 is 11.6 Å². The second-order valence-electron chi connectivity index (χ2n) is 4.37. The van der Waals surface area contributed by atoms with E-state index in [4.69, 9.17) is 16.3 Å². The Hall–Kier alpha value is -2.14. The van der Waals surface area contributed by atoms with Crippen molar-refractivity contribution in [1.29, 1.82) is 0 Å². The molecule has 102 valence electrons. The number of halogens is 1. The smallest absolute Gasteiger partial charge is 0.229 e. The zero-order chi connectivity index (χ0) is 13.8. The zero-order valence-electron chi connectivity index (χ0n) is 10.7. The number of hydrogen-bond donors (Lipinski definition) is 1. The minimum Gasteiger partial charge on any atom is -0.477 e. The molecule has 6 heteroatoms. The van der Waals surface area contributed by atoms with Crippen LogP contribution in [-0.4, -0.2) is 26.8 Å². The number of aromatic amines is 1. The van der Waals surface area contributed by atoms with Gasteiger partial charge >= 0.3 is 0 Å². The Morgan fingerprint density at radius 1 is 1.15 bits per heavy atom. The van der Waals surface area contributed by atoms with Gasteiger partial charge in [-0.15, -0.1) is 0 Å². The van der Waals surface area contributed by atoms with Crippen LogP contribution in [0.3, 0.4) is 0 Å². The number of nitrogens with one attached hydrogen (secondary N) is 1. The minimum absolute atomic E-state index is 0.153. The summed E-state index contributed by atoms with van der Waals surface area (Å²) in [7, 11) is 0. The molecule has 0 radical (unpaired) electrons. The molecular formula is C14H13ClN4O. The molecule has 20 heavy (non-hydrogen) atoms. The van der Waals surface area contributed by atoms with Gasteiger partial charge in [0.15, 0.2) is 5.65 Å². The lowest BCUT2D eigenvalue weighted by Gasteiger charge is -2.06. The zero-order valence-corrected chi connectivity index (χ0v) is 11.5. The fraction of sp³-hybridized carbons (Fsp3) is 0.214. The summed E-state index contributed by atoms with van der Waals surface area (Å²) in [4.78, 5) is 8.12. The standard InChI is InChI=1S/C14H13ClN4O/c15-14-17-12-11(9-16-19-12)13(18-14)20-8-4-7-10-5-2-1-3-6-10/h1-3,5-6,9H,4,7-8H2,(H,16,17,18,19). The molecule has 0 aliphatic carbocycles. The Labute approximate surface area is 121 Å². The van der Waals surface area contributed by atoms with Gasteiger partial charge in [0.25, 0.3) is 0 Å². The summed E-state index contributed by atoms with van der Waals surface area (Å²) in [5, 5.41) is 7.56. The van der Waals surface area contributed by atoms with E-state index in [9.17, 15) is 0 Å². The molecule has 0 aliphatic heterocycles. The van der Waals surface area contributed by atoms with Gasteiger partial charge < -0.3 is 4.74 Å². The predicted octanol–water partition coefficient (Wildman–Crippen LogP) is 3.02. The van der Waals surface area contributed by atoms with Crippen LogP contribution in [-0.2, 0) is 6.42 Å². The van der Waals surface area contributed by atoms with Crippen molar-refractivity contribution in [1.82, 2.24) is 20.2 Å². The highest BCUT2D eigenvalue weighted by Crippen LogP contribution is 2.22. The van der Waals surface area contributed by atoms with Crippen molar-refractivity contribution in [3.05, 3.63) is 47.4 Å². The van der Waals surface area contributed by atoms with E-state index in [1.807, 2.05) is 18.2 Å². The lowest BCUT2D eigenvalue weighted by atomic mass is 10.1. The highest BCUT2D eigenvalue weighted by atomic mass is 35.5. The van der Waals surface area contributed by atoms with Gasteiger partial charge in [0.05, 0.1) is 12.8 Å². The third-order valence-electron chi connectivity index (χ3n) is 2.94. The predicted molar refractivity (Wildman–Crippen MR) is 77.0 cm³/mol. The maximum Gasteiger partial charge on any atom is 0.229 e. The molecule has 0 fully saturated rings. The monoisotopic (exact) mass is 288 g/mol. The van der Waals surface area contributed by atoms with Gasteiger partial charge in [-0.05, 0) is 30.0 Å². The Kier molecular flexibility index (Phi) is 3.78. The van der Waals surface area contributed by atoms with Crippen LogP contribution in [0.25, 0.3) is 11.0 Å². The number of benzene rings is 1. The molecule has 0 spiro atoms. The van der Waals surface area contributed by atoms with Crippen LogP contribution in [0.15, 0.2) is 36.5 Å². The summed E-state index contributed by atoms with van der Waals surface area (Å²) in [6.07, 6.45) is 3.51. The first-order valence-electron chi connectivity index (χ1n) is 6.36. The molecule has 0 saturated carbocycles. The number of ether oxygens (including phenoxy) is 1. The van der Waals surface area contributed by atoms with Crippen molar-refractivity contribution < 1.29 is 4.74 Å². The van der Waals surface area contributed by atoms with Gasteiger partial charge in [-0.2, -0.15) is 15.1 Å². The molecule has 1 aromatic carbocycles. The second kappa shape index (κ2) is 5.88. The Balaban J connectivity index is 1.61. The molecule has 2 heterocycles. The highest BCUT2D eigenvalue weighted by Gasteiger charge is 2.09. The van der Waals surface area contributed by atoms with Crippen LogP contribution in [0.2, 0.25) is 5.28 Å². The van der Waals surface area contributed by atoms with Crippen LogP contribution in [0.4, 0.5) is 0 Å². The summed E-state index contributed by atoms with van der Waals surface area (Å²) in [6.45, 7) is 0.572. The van der Waals surface area contributed by atoms with Gasteiger partial charge in [-0.1, -0.05) is 30.3 Å². The Morgan fingerprint density at radius 3 is 2.85 bits per heavy atom. The van der Waals surface area contributed by atoms with Crippen LogP contribution in [0, 0.1) is 0 Å². The van der Waals surface area contributed by atoms with E-state index in [1.165, 1.54) is 5.56 Å². The molecule has 5 nitrogen and oxygen atoms in total. The Bertz CT molecular complexity index is 699. The van der Waals surface area contributed by atoms with Gasteiger partial charge in [0, 0.05) is 0 Å². The SMILES string of the molecule is Clc1nc(OCCCc2ccccc2)c2cn[nH]c2n1. The van der Waals surface area contributed by atoms with E-state index in [0.29, 0.717) is 18.1 Å². The molecule has 0 amide bonds. The maximum absolute atomic E-state index is 5.84. The molecule has 0 aliphatic rings. The average Bonchev–Trinajstić information content (AvgIpc) is 2.92. The van der Waals surface area contributed by atoms with E-state index < -0.39 is 0 Å². The van der Waals surface area contributed by atoms with Crippen LogP contribution in [0.1, 0.15) is 12.0 Å². The number of aromatic nitrogens is 4. The molecule has 0 unspecified atom stereocenters. The van der Waals surface area contributed by atoms with Crippen LogP contribution in [0.5, 0.6) is 5.88 Å². The third kappa shape index (κ3) is 2.88. The molecule has 3 aromatic rings. The first kappa shape index (κ1) is 12.9. The third-order valence-corrected chi connectivity index (χ3v) is 3.11. The first-order valence-corrected chi connectivity index (χ1v) is 6.74. The average molecular weight is 289 g/mol. The second-order valence-corrected chi connectivity index (χ2v) is 4.71. The van der Waals surface area contributed by atoms with Gasteiger partial charge in [-0.3, -0.25) is 5.10 Å². The van der Waals surface area contributed by atoms with E-state index >= 15 is 0 Å². The summed E-state index contributed by atoms with van der Waals surface area (Å²) >= 11 is 5.84. The van der Waals surface area contributed by atoms with Crippen molar-refractivity contribution in [3.63, 3.8) is 0 Å². The Morgan fingerprint density at radius 2 is 2.00 bits per heavy atom. The summed E-state index contributed by atoms with van der Waals surface area (Å²) in [5.74, 6) is 0.474. The molecule has 0 bridgehead atoms. The number of hydrogen-bond acceptors (Lipinski definition) is 4. The quantitative estimate of drug-likeness (QED) is 0.579. The maximum atomic E-state index is 5.84. The van der Waals surface area contributed by atoms with Gasteiger partial charge in [0.1, 0.15) is 5.39 Å². The molecule has 2 aromatic heterocycles. The lowest BCUT2D eigenvalue weighted by Crippen LogP contribution is -2.02. The summed E-state index contributed by atoms with van der Waals surface area (Å²) in [6, 6.07) is 10.3. The van der Waals surface area contributed by atoms with Crippen molar-refractivity contribution >= 4 is 22.6 Å². The number of fused-ring (bicyclic) bond motifs is 1. The van der Waals surface area contributed by atoms with Gasteiger partial charge in [-0.25, -0.2) is 0 Å². The lowest BCUT2D eigenvalue weighted by molar-refractivity contribution is 0.303. The largest absolute Gasteiger partial charge is 0.477 e. The molecule has 3 rings (SSSR count).